The predicted molar refractivity (Wildman–Crippen MR) is 83.1 cm³/mol. The summed E-state index contributed by atoms with van der Waals surface area (Å²) in [4.78, 5) is 23.1. The molecule has 0 aromatic heterocycles. The van der Waals surface area contributed by atoms with Crippen molar-refractivity contribution in [3.8, 4) is 11.8 Å². The van der Waals surface area contributed by atoms with E-state index in [4.69, 9.17) is 10.00 Å². The molecule has 0 heterocycles. The first-order chi connectivity index (χ1) is 11.1. The number of benzene rings is 2. The van der Waals surface area contributed by atoms with Gasteiger partial charge in [0.25, 0.3) is 5.91 Å². The Kier molecular flexibility index (Phi) is 5.31. The van der Waals surface area contributed by atoms with Gasteiger partial charge in [-0.2, -0.15) is 5.26 Å². The molecule has 6 heteroatoms. The van der Waals surface area contributed by atoms with E-state index >= 15 is 0 Å². The van der Waals surface area contributed by atoms with E-state index in [-0.39, 0.29) is 12.5 Å². The Morgan fingerprint density at radius 3 is 2.57 bits per heavy atom. The minimum absolute atomic E-state index is 0.187. The van der Waals surface area contributed by atoms with Crippen LogP contribution in [-0.2, 0) is 9.53 Å². The van der Waals surface area contributed by atoms with Crippen molar-refractivity contribution in [2.75, 3.05) is 19.0 Å². The summed E-state index contributed by atoms with van der Waals surface area (Å²) in [6.07, 6.45) is 0. The quantitative estimate of drug-likeness (QED) is 0.856. The third kappa shape index (κ3) is 4.58. The lowest BCUT2D eigenvalue weighted by Crippen LogP contribution is -2.20. The number of nitrogens with zero attached hydrogens (tertiary/aromatic N) is 1. The van der Waals surface area contributed by atoms with Crippen LogP contribution in [0.5, 0.6) is 5.75 Å². The van der Waals surface area contributed by atoms with Crippen molar-refractivity contribution in [2.24, 2.45) is 0 Å². The lowest BCUT2D eigenvalue weighted by Gasteiger charge is -2.08. The number of carbonyl (C=O) groups is 2. The van der Waals surface area contributed by atoms with Crippen molar-refractivity contribution in [1.29, 1.82) is 5.26 Å². The molecular formula is C17H14N2O4. The molecular weight excluding hydrogens is 296 g/mol. The van der Waals surface area contributed by atoms with Gasteiger partial charge in [-0.25, -0.2) is 4.79 Å². The van der Waals surface area contributed by atoms with Crippen molar-refractivity contribution in [3.05, 3.63) is 59.7 Å². The molecule has 0 spiro atoms. The molecule has 0 aliphatic carbocycles. The minimum Gasteiger partial charge on any atom is -0.484 e. The van der Waals surface area contributed by atoms with E-state index in [9.17, 15) is 9.59 Å². The second-order valence-corrected chi connectivity index (χ2v) is 4.55. The molecule has 0 radical (unpaired) electrons. The highest BCUT2D eigenvalue weighted by molar-refractivity contribution is 5.93. The second-order valence-electron chi connectivity index (χ2n) is 4.55. The first-order valence-electron chi connectivity index (χ1n) is 6.73. The predicted octanol–water partition coefficient (Wildman–Crippen LogP) is 2.36. The topological polar surface area (TPSA) is 88.4 Å². The number of ether oxygens (including phenoxy) is 2. The molecule has 0 atom stereocenters. The summed E-state index contributed by atoms with van der Waals surface area (Å²) in [6.45, 7) is -0.187. The fraction of sp³-hybridized carbons (Fsp3) is 0.118. The van der Waals surface area contributed by atoms with Gasteiger partial charge in [-0.1, -0.05) is 6.07 Å². The summed E-state index contributed by atoms with van der Waals surface area (Å²) in [5.41, 5.74) is 1.40. The lowest BCUT2D eigenvalue weighted by atomic mass is 10.2. The van der Waals surface area contributed by atoms with Crippen LogP contribution < -0.4 is 10.1 Å². The SMILES string of the molecule is COC(=O)c1ccc(NC(=O)COc2cccc(C#N)c2)cc1. The number of methoxy groups -OCH3 is 1. The van der Waals surface area contributed by atoms with Gasteiger partial charge in [-0.3, -0.25) is 4.79 Å². The van der Waals surface area contributed by atoms with Crippen molar-refractivity contribution >= 4 is 17.6 Å². The molecule has 2 rings (SSSR count). The lowest BCUT2D eigenvalue weighted by molar-refractivity contribution is -0.118. The maximum Gasteiger partial charge on any atom is 0.337 e. The third-order valence-corrected chi connectivity index (χ3v) is 2.92. The third-order valence-electron chi connectivity index (χ3n) is 2.92. The maximum atomic E-state index is 11.8. The van der Waals surface area contributed by atoms with Crippen LogP contribution in [-0.4, -0.2) is 25.6 Å². The number of hydrogen-bond donors (Lipinski definition) is 1. The summed E-state index contributed by atoms with van der Waals surface area (Å²) < 4.78 is 9.92. The summed E-state index contributed by atoms with van der Waals surface area (Å²) in [7, 11) is 1.30. The van der Waals surface area contributed by atoms with Crippen LogP contribution in [0.15, 0.2) is 48.5 Å². The fourth-order valence-electron chi connectivity index (χ4n) is 1.81. The van der Waals surface area contributed by atoms with Crippen molar-refractivity contribution in [1.82, 2.24) is 0 Å². The standard InChI is InChI=1S/C17H14N2O4/c1-22-17(21)13-5-7-14(8-6-13)19-16(20)11-23-15-4-2-3-12(9-15)10-18/h2-9H,11H2,1H3,(H,19,20). The number of rotatable bonds is 5. The van der Waals surface area contributed by atoms with E-state index in [1.165, 1.54) is 7.11 Å². The zero-order valence-corrected chi connectivity index (χ0v) is 12.4. The number of amides is 1. The molecule has 0 bridgehead atoms. The molecule has 0 aliphatic rings. The number of nitriles is 1. The zero-order chi connectivity index (χ0) is 16.7. The number of anilines is 1. The van der Waals surface area contributed by atoms with Crippen LogP contribution in [0.4, 0.5) is 5.69 Å². The Morgan fingerprint density at radius 1 is 1.17 bits per heavy atom. The molecule has 116 valence electrons. The smallest absolute Gasteiger partial charge is 0.337 e. The average Bonchev–Trinajstić information content (AvgIpc) is 2.60. The van der Waals surface area contributed by atoms with Gasteiger partial charge < -0.3 is 14.8 Å². The highest BCUT2D eigenvalue weighted by atomic mass is 16.5. The minimum atomic E-state index is -0.441. The number of esters is 1. The summed E-state index contributed by atoms with van der Waals surface area (Å²) >= 11 is 0. The van der Waals surface area contributed by atoms with Gasteiger partial charge in [-0.15, -0.1) is 0 Å². The van der Waals surface area contributed by atoms with Gasteiger partial charge in [0.05, 0.1) is 24.3 Å². The van der Waals surface area contributed by atoms with Gasteiger partial charge in [0.1, 0.15) is 5.75 Å². The van der Waals surface area contributed by atoms with E-state index in [0.717, 1.165) is 0 Å². The van der Waals surface area contributed by atoms with E-state index in [2.05, 4.69) is 10.1 Å². The Hall–Kier alpha value is -3.33. The first-order valence-corrected chi connectivity index (χ1v) is 6.73. The highest BCUT2D eigenvalue weighted by Gasteiger charge is 2.07. The summed E-state index contributed by atoms with van der Waals surface area (Å²) in [6, 6.07) is 14.8. The summed E-state index contributed by atoms with van der Waals surface area (Å²) in [5.74, 6) is -0.345. The molecule has 0 saturated heterocycles. The molecule has 2 aromatic rings. The fourth-order valence-corrected chi connectivity index (χ4v) is 1.81. The van der Waals surface area contributed by atoms with Crippen LogP contribution in [0, 0.1) is 11.3 Å². The van der Waals surface area contributed by atoms with Crippen molar-refractivity contribution in [2.45, 2.75) is 0 Å². The molecule has 1 N–H and O–H groups in total. The van der Waals surface area contributed by atoms with Crippen molar-refractivity contribution < 1.29 is 19.1 Å². The monoisotopic (exact) mass is 310 g/mol. The zero-order valence-electron chi connectivity index (χ0n) is 12.4. The van der Waals surface area contributed by atoms with Crippen LogP contribution in [0.2, 0.25) is 0 Å². The summed E-state index contributed by atoms with van der Waals surface area (Å²) in [5, 5.41) is 11.4. The normalized spacial score (nSPS) is 9.57. The first kappa shape index (κ1) is 16.0. The average molecular weight is 310 g/mol. The van der Waals surface area contributed by atoms with Gasteiger partial charge in [0.2, 0.25) is 0 Å². The number of carbonyl (C=O) groups excluding carboxylic acids is 2. The highest BCUT2D eigenvalue weighted by Crippen LogP contribution is 2.13. The van der Waals surface area contributed by atoms with E-state index in [1.54, 1.807) is 48.5 Å². The maximum absolute atomic E-state index is 11.8. The molecule has 0 unspecified atom stereocenters. The molecule has 0 fully saturated rings. The van der Waals surface area contributed by atoms with E-state index < -0.39 is 5.97 Å². The Balaban J connectivity index is 1.89. The Bertz CT molecular complexity index is 748. The van der Waals surface area contributed by atoms with Gasteiger partial charge >= 0.3 is 5.97 Å². The number of nitrogens with one attached hydrogen (secondary N) is 1. The van der Waals surface area contributed by atoms with Crippen LogP contribution in [0.25, 0.3) is 0 Å². The molecule has 0 aliphatic heterocycles. The molecule has 2 aromatic carbocycles. The molecule has 6 nitrogen and oxygen atoms in total. The van der Waals surface area contributed by atoms with Crippen LogP contribution in [0.1, 0.15) is 15.9 Å². The molecule has 23 heavy (non-hydrogen) atoms. The Labute approximate surface area is 133 Å². The van der Waals surface area contributed by atoms with E-state index in [1.807, 2.05) is 6.07 Å². The van der Waals surface area contributed by atoms with Gasteiger partial charge in [0, 0.05) is 5.69 Å². The molecule has 1 amide bonds. The largest absolute Gasteiger partial charge is 0.484 e. The van der Waals surface area contributed by atoms with Crippen LogP contribution >= 0.6 is 0 Å². The number of hydrogen-bond acceptors (Lipinski definition) is 5. The van der Waals surface area contributed by atoms with Crippen molar-refractivity contribution in [3.63, 3.8) is 0 Å². The van der Waals surface area contributed by atoms with Gasteiger partial charge in [-0.05, 0) is 42.5 Å². The second kappa shape index (κ2) is 7.61. The van der Waals surface area contributed by atoms with Gasteiger partial charge in [0.15, 0.2) is 6.61 Å². The van der Waals surface area contributed by atoms with E-state index in [0.29, 0.717) is 22.6 Å². The van der Waals surface area contributed by atoms with Crippen LogP contribution in [0.3, 0.4) is 0 Å². The Morgan fingerprint density at radius 2 is 1.91 bits per heavy atom. The molecule has 0 saturated carbocycles.